The van der Waals surface area contributed by atoms with Crippen molar-refractivity contribution in [2.75, 3.05) is 29.6 Å². The van der Waals surface area contributed by atoms with Crippen molar-refractivity contribution >= 4 is 27.1 Å². The fraction of sp³-hybridized carbons (Fsp3) is 0.235. The second kappa shape index (κ2) is 7.28. The first-order valence-corrected chi connectivity index (χ1v) is 9.19. The van der Waals surface area contributed by atoms with Gasteiger partial charge >= 0.3 is 0 Å². The highest BCUT2D eigenvalue weighted by atomic mass is 32.2. The molecule has 0 bridgehead atoms. The highest BCUT2D eigenvalue weighted by Crippen LogP contribution is 2.16. The summed E-state index contributed by atoms with van der Waals surface area (Å²) >= 11 is 0. The average Bonchev–Trinajstić information content (AvgIpc) is 2.53. The molecule has 0 unspecified atom stereocenters. The monoisotopic (exact) mass is 332 g/mol. The van der Waals surface area contributed by atoms with E-state index in [-0.39, 0.29) is 17.3 Å². The van der Waals surface area contributed by atoms with Crippen LogP contribution in [0.3, 0.4) is 0 Å². The molecule has 2 aromatic carbocycles. The number of benzene rings is 2. The van der Waals surface area contributed by atoms with E-state index in [1.54, 1.807) is 12.1 Å². The molecule has 0 spiro atoms. The van der Waals surface area contributed by atoms with Crippen LogP contribution < -0.4 is 10.2 Å². The molecule has 0 saturated heterocycles. The molecule has 6 heteroatoms. The lowest BCUT2D eigenvalue weighted by Gasteiger charge is -2.22. The van der Waals surface area contributed by atoms with Gasteiger partial charge in [0.05, 0.1) is 11.4 Å². The Morgan fingerprint density at radius 2 is 1.78 bits per heavy atom. The first-order chi connectivity index (χ1) is 10.9. The number of anilines is 2. The Kier molecular flexibility index (Phi) is 5.39. The molecule has 1 N–H and O–H groups in total. The van der Waals surface area contributed by atoms with Crippen molar-refractivity contribution in [3.05, 3.63) is 54.6 Å². The molecule has 5 nitrogen and oxygen atoms in total. The van der Waals surface area contributed by atoms with Crippen LogP contribution in [0.1, 0.15) is 6.92 Å². The van der Waals surface area contributed by atoms with Gasteiger partial charge in [-0.3, -0.25) is 4.79 Å². The summed E-state index contributed by atoms with van der Waals surface area (Å²) in [5.41, 5.74) is 1.44. The van der Waals surface area contributed by atoms with E-state index in [1.807, 2.05) is 42.2 Å². The van der Waals surface area contributed by atoms with Crippen LogP contribution in [0.15, 0.2) is 59.5 Å². The number of hydrogen-bond acceptors (Lipinski definition) is 4. The summed E-state index contributed by atoms with van der Waals surface area (Å²) in [5.74, 6) is -0.193. The lowest BCUT2D eigenvalue weighted by molar-refractivity contribution is -0.115. The maximum atomic E-state index is 12.2. The van der Waals surface area contributed by atoms with Gasteiger partial charge in [0.15, 0.2) is 9.84 Å². The summed E-state index contributed by atoms with van der Waals surface area (Å²) in [4.78, 5) is 14.3. The number of hydrogen-bond donors (Lipinski definition) is 1. The third-order valence-electron chi connectivity index (χ3n) is 3.38. The van der Waals surface area contributed by atoms with Crippen LogP contribution in [0.25, 0.3) is 0 Å². The van der Waals surface area contributed by atoms with Gasteiger partial charge in [0.25, 0.3) is 0 Å². The Balaban J connectivity index is 2.07. The molecule has 23 heavy (non-hydrogen) atoms. The van der Waals surface area contributed by atoms with Crippen LogP contribution in [0.4, 0.5) is 11.4 Å². The van der Waals surface area contributed by atoms with Gasteiger partial charge in [-0.25, -0.2) is 8.42 Å². The maximum Gasteiger partial charge on any atom is 0.243 e. The topological polar surface area (TPSA) is 66.5 Å². The number of para-hydroxylation sites is 1. The van der Waals surface area contributed by atoms with Gasteiger partial charge in [-0.05, 0) is 37.3 Å². The standard InChI is InChI=1S/C17H20N2O3S/c1-3-19(15-9-5-4-6-10-15)13-17(20)18-14-8-7-11-16(12-14)23(2,21)22/h4-12H,3,13H2,1-2H3,(H,18,20). The fourth-order valence-corrected chi connectivity index (χ4v) is 2.87. The number of likely N-dealkylation sites (N-methyl/N-ethyl adjacent to an activating group) is 1. The second-order valence-corrected chi connectivity index (χ2v) is 7.21. The molecular weight excluding hydrogens is 312 g/mol. The third kappa shape index (κ3) is 4.82. The highest BCUT2D eigenvalue weighted by Gasteiger charge is 2.12. The number of amides is 1. The van der Waals surface area contributed by atoms with E-state index < -0.39 is 9.84 Å². The third-order valence-corrected chi connectivity index (χ3v) is 4.49. The van der Waals surface area contributed by atoms with Crippen molar-refractivity contribution in [3.8, 4) is 0 Å². The zero-order valence-corrected chi connectivity index (χ0v) is 14.0. The zero-order chi connectivity index (χ0) is 16.9. The van der Waals surface area contributed by atoms with Gasteiger partial charge in [0, 0.05) is 24.2 Å². The number of carbonyl (C=O) groups excluding carboxylic acids is 1. The fourth-order valence-electron chi connectivity index (χ4n) is 2.20. The van der Waals surface area contributed by atoms with Gasteiger partial charge in [-0.1, -0.05) is 24.3 Å². The Bertz CT molecular complexity index is 773. The summed E-state index contributed by atoms with van der Waals surface area (Å²) in [5, 5.41) is 2.74. The Hall–Kier alpha value is -2.34. The summed E-state index contributed by atoms with van der Waals surface area (Å²) in [6, 6.07) is 15.9. The summed E-state index contributed by atoms with van der Waals surface area (Å²) in [6.45, 7) is 2.87. The molecule has 122 valence electrons. The molecule has 0 atom stereocenters. The number of nitrogens with zero attached hydrogens (tertiary/aromatic N) is 1. The number of rotatable bonds is 6. The summed E-state index contributed by atoms with van der Waals surface area (Å²) in [7, 11) is -3.29. The molecule has 0 aromatic heterocycles. The molecule has 0 aliphatic rings. The number of carbonyl (C=O) groups is 1. The predicted molar refractivity (Wildman–Crippen MR) is 92.5 cm³/mol. The molecule has 1 amide bonds. The Morgan fingerprint density at radius 3 is 2.39 bits per heavy atom. The highest BCUT2D eigenvalue weighted by molar-refractivity contribution is 7.90. The molecular formula is C17H20N2O3S. The minimum absolute atomic E-state index is 0.186. The SMILES string of the molecule is CCN(CC(=O)Nc1cccc(S(C)(=O)=O)c1)c1ccccc1. The van der Waals surface area contributed by atoms with Crippen molar-refractivity contribution in [2.24, 2.45) is 0 Å². The number of sulfone groups is 1. The number of nitrogens with one attached hydrogen (secondary N) is 1. The van der Waals surface area contributed by atoms with E-state index in [0.717, 1.165) is 11.9 Å². The van der Waals surface area contributed by atoms with Crippen molar-refractivity contribution < 1.29 is 13.2 Å². The van der Waals surface area contributed by atoms with E-state index in [1.165, 1.54) is 12.1 Å². The van der Waals surface area contributed by atoms with Crippen LogP contribution in [-0.4, -0.2) is 33.7 Å². The van der Waals surface area contributed by atoms with E-state index >= 15 is 0 Å². The normalized spacial score (nSPS) is 11.0. The van der Waals surface area contributed by atoms with Crippen molar-refractivity contribution in [2.45, 2.75) is 11.8 Å². The first-order valence-electron chi connectivity index (χ1n) is 7.30. The summed E-state index contributed by atoms with van der Waals surface area (Å²) in [6.07, 6.45) is 1.14. The van der Waals surface area contributed by atoms with E-state index in [4.69, 9.17) is 0 Å². The molecule has 2 rings (SSSR count). The molecule has 0 radical (unpaired) electrons. The lowest BCUT2D eigenvalue weighted by Crippen LogP contribution is -2.33. The molecule has 0 aliphatic carbocycles. The minimum Gasteiger partial charge on any atom is -0.362 e. The van der Waals surface area contributed by atoms with Gasteiger partial charge in [-0.2, -0.15) is 0 Å². The van der Waals surface area contributed by atoms with E-state index in [9.17, 15) is 13.2 Å². The molecule has 2 aromatic rings. The quantitative estimate of drug-likeness (QED) is 0.883. The van der Waals surface area contributed by atoms with Gasteiger partial charge in [-0.15, -0.1) is 0 Å². The van der Waals surface area contributed by atoms with Crippen LogP contribution >= 0.6 is 0 Å². The van der Waals surface area contributed by atoms with Gasteiger partial charge in [0.1, 0.15) is 0 Å². The molecule has 0 aliphatic heterocycles. The van der Waals surface area contributed by atoms with Gasteiger partial charge < -0.3 is 10.2 Å². The van der Waals surface area contributed by atoms with Crippen molar-refractivity contribution in [1.29, 1.82) is 0 Å². The molecule has 0 heterocycles. The van der Waals surface area contributed by atoms with Crippen LogP contribution in [0.5, 0.6) is 0 Å². The van der Waals surface area contributed by atoms with Crippen LogP contribution in [0, 0.1) is 0 Å². The predicted octanol–water partition coefficient (Wildman–Crippen LogP) is 2.56. The van der Waals surface area contributed by atoms with Crippen molar-refractivity contribution in [1.82, 2.24) is 0 Å². The largest absolute Gasteiger partial charge is 0.362 e. The smallest absolute Gasteiger partial charge is 0.243 e. The second-order valence-electron chi connectivity index (χ2n) is 5.20. The molecule has 0 fully saturated rings. The van der Waals surface area contributed by atoms with Crippen LogP contribution in [0.2, 0.25) is 0 Å². The van der Waals surface area contributed by atoms with E-state index in [0.29, 0.717) is 12.2 Å². The maximum absolute atomic E-state index is 12.2. The Morgan fingerprint density at radius 1 is 1.09 bits per heavy atom. The van der Waals surface area contributed by atoms with Gasteiger partial charge in [0.2, 0.25) is 5.91 Å². The summed E-state index contributed by atoms with van der Waals surface area (Å²) < 4.78 is 23.1. The zero-order valence-electron chi connectivity index (χ0n) is 13.2. The van der Waals surface area contributed by atoms with Crippen molar-refractivity contribution in [3.63, 3.8) is 0 Å². The Labute approximate surface area is 136 Å². The average molecular weight is 332 g/mol. The molecule has 0 saturated carbocycles. The first kappa shape index (κ1) is 17.0. The lowest BCUT2D eigenvalue weighted by atomic mass is 10.2. The minimum atomic E-state index is -3.29. The van der Waals surface area contributed by atoms with E-state index in [2.05, 4.69) is 5.32 Å². The van der Waals surface area contributed by atoms with Crippen LogP contribution in [-0.2, 0) is 14.6 Å².